The molecule has 42 heavy (non-hydrogen) atoms. The Balaban J connectivity index is 1.56. The van der Waals surface area contributed by atoms with Crippen LogP contribution in [0.25, 0.3) is 10.9 Å². The van der Waals surface area contributed by atoms with E-state index in [-0.39, 0.29) is 11.8 Å². The number of aliphatic imine (C=N–C) groups is 1. The summed E-state index contributed by atoms with van der Waals surface area (Å²) < 4.78 is 0. The Kier molecular flexibility index (Phi) is 8.49. The molecule has 0 aliphatic heterocycles. The van der Waals surface area contributed by atoms with Gasteiger partial charge >= 0.3 is 0 Å². The largest absolute Gasteiger partial charge is 0.494 e. The summed E-state index contributed by atoms with van der Waals surface area (Å²) in [7, 11) is 1.74. The van der Waals surface area contributed by atoms with Gasteiger partial charge in [0.1, 0.15) is 12.5 Å². The van der Waals surface area contributed by atoms with Crippen LogP contribution in [0.4, 0.5) is 11.4 Å². The van der Waals surface area contributed by atoms with E-state index in [1.165, 1.54) is 0 Å². The molecule has 0 fully saturated rings. The number of aliphatic hydroxyl groups excluding tert-OH is 2. The predicted octanol–water partition coefficient (Wildman–Crippen LogP) is 5.80. The van der Waals surface area contributed by atoms with Crippen LogP contribution in [-0.2, 0) is 6.54 Å². The molecule has 1 heterocycles. The Hall–Kier alpha value is -4.76. The van der Waals surface area contributed by atoms with E-state index in [1.54, 1.807) is 48.9 Å². The van der Waals surface area contributed by atoms with Crippen LogP contribution in [0.5, 0.6) is 5.88 Å². The van der Waals surface area contributed by atoms with Crippen LogP contribution in [0.3, 0.4) is 0 Å². The number of amides is 1. The number of carbonyl (C=O) groups excluding carboxylic acids is 1. The summed E-state index contributed by atoms with van der Waals surface area (Å²) in [5.41, 5.74) is 5.32. The molecule has 5 aromatic rings. The highest BCUT2D eigenvalue weighted by Crippen LogP contribution is 2.33. The number of hydrogen-bond acceptors (Lipinski definition) is 6. The van der Waals surface area contributed by atoms with Crippen LogP contribution < -0.4 is 4.90 Å². The second-order valence-corrected chi connectivity index (χ2v) is 10.2. The summed E-state index contributed by atoms with van der Waals surface area (Å²) in [6.07, 6.45) is -1.61. The standard InChI is InChI=1S/C34H34N4O4/c1-22(39)38(23(2)40)21-24-14-17-27(18-15-24)35-32(25-10-6-4-7-11-25)31-29-20-26(16-19-30(29)36-33(31)41)34(42)37(3)28-12-8-5-9-13-28/h4-20,22-23,36,39-41H,21H2,1-3H3. The maximum Gasteiger partial charge on any atom is 0.258 e. The maximum atomic E-state index is 13.4. The van der Waals surface area contributed by atoms with Crippen LogP contribution in [-0.4, -0.2) is 56.3 Å². The van der Waals surface area contributed by atoms with Crippen molar-refractivity contribution in [2.45, 2.75) is 32.8 Å². The molecule has 8 heteroatoms. The summed E-state index contributed by atoms with van der Waals surface area (Å²) in [6, 6.07) is 31.8. The van der Waals surface area contributed by atoms with Crippen molar-refractivity contribution >= 4 is 33.9 Å². The van der Waals surface area contributed by atoms with E-state index in [0.29, 0.717) is 40.0 Å². The third-order valence-corrected chi connectivity index (χ3v) is 7.26. The fraction of sp³-hybridized carbons (Fsp3) is 0.176. The number of anilines is 1. The summed E-state index contributed by atoms with van der Waals surface area (Å²) >= 11 is 0. The van der Waals surface area contributed by atoms with Gasteiger partial charge in [-0.25, -0.2) is 9.89 Å². The minimum absolute atomic E-state index is 0.0465. The monoisotopic (exact) mass is 562 g/mol. The van der Waals surface area contributed by atoms with Crippen molar-refractivity contribution in [2.24, 2.45) is 4.99 Å². The summed E-state index contributed by atoms with van der Waals surface area (Å²) in [4.78, 5) is 24.6. The number of para-hydroxylation sites is 1. The highest BCUT2D eigenvalue weighted by Gasteiger charge is 2.22. The number of aliphatic hydroxyl groups is 2. The van der Waals surface area contributed by atoms with Gasteiger partial charge in [0.2, 0.25) is 0 Å². The lowest BCUT2D eigenvalue weighted by molar-refractivity contribution is -0.0897. The van der Waals surface area contributed by atoms with Crippen LogP contribution in [0.1, 0.15) is 40.9 Å². The number of nitrogens with zero attached hydrogens (tertiary/aromatic N) is 3. The van der Waals surface area contributed by atoms with E-state index in [9.17, 15) is 20.1 Å². The molecule has 0 saturated heterocycles. The third kappa shape index (κ3) is 6.11. The van der Waals surface area contributed by atoms with Crippen molar-refractivity contribution in [2.75, 3.05) is 11.9 Å². The molecule has 1 aromatic heterocycles. The van der Waals surface area contributed by atoms with Crippen molar-refractivity contribution in [3.05, 3.63) is 125 Å². The lowest BCUT2D eigenvalue weighted by atomic mass is 9.99. The molecule has 4 aromatic carbocycles. The first-order valence-corrected chi connectivity index (χ1v) is 13.8. The second-order valence-electron chi connectivity index (χ2n) is 10.2. The Morgan fingerprint density at radius 2 is 1.45 bits per heavy atom. The third-order valence-electron chi connectivity index (χ3n) is 7.26. The Bertz CT molecular complexity index is 1690. The van der Waals surface area contributed by atoms with E-state index >= 15 is 0 Å². The number of benzene rings is 4. The van der Waals surface area contributed by atoms with Crippen LogP contribution in [0, 0.1) is 0 Å². The molecule has 4 N–H and O–H groups in total. The minimum Gasteiger partial charge on any atom is -0.494 e. The fourth-order valence-corrected chi connectivity index (χ4v) is 4.97. The summed E-state index contributed by atoms with van der Waals surface area (Å²) in [6.45, 7) is 3.59. The zero-order chi connectivity index (χ0) is 29.8. The number of aromatic nitrogens is 1. The number of rotatable bonds is 9. The van der Waals surface area contributed by atoms with Crippen molar-refractivity contribution in [1.82, 2.24) is 9.88 Å². The molecule has 1 amide bonds. The number of aromatic amines is 1. The van der Waals surface area contributed by atoms with Gasteiger partial charge in [0.25, 0.3) is 5.91 Å². The molecule has 2 unspecified atom stereocenters. The van der Waals surface area contributed by atoms with E-state index < -0.39 is 12.5 Å². The van der Waals surface area contributed by atoms with E-state index in [2.05, 4.69) is 4.98 Å². The number of carbonyl (C=O) groups is 1. The molecular formula is C34H34N4O4. The number of aromatic hydroxyl groups is 1. The molecule has 0 aliphatic carbocycles. The average Bonchev–Trinajstić information content (AvgIpc) is 3.33. The van der Waals surface area contributed by atoms with Gasteiger partial charge < -0.3 is 25.2 Å². The molecular weight excluding hydrogens is 528 g/mol. The molecule has 0 spiro atoms. The molecule has 0 saturated carbocycles. The molecule has 5 rings (SSSR count). The van der Waals surface area contributed by atoms with Crippen LogP contribution in [0.2, 0.25) is 0 Å². The number of fused-ring (bicyclic) bond motifs is 1. The van der Waals surface area contributed by atoms with Crippen LogP contribution >= 0.6 is 0 Å². The molecule has 0 bridgehead atoms. The molecule has 0 aliphatic rings. The lowest BCUT2D eigenvalue weighted by Crippen LogP contribution is -2.39. The van der Waals surface area contributed by atoms with Gasteiger partial charge in [0.15, 0.2) is 5.88 Å². The van der Waals surface area contributed by atoms with Gasteiger partial charge in [0, 0.05) is 41.3 Å². The van der Waals surface area contributed by atoms with Gasteiger partial charge in [-0.1, -0.05) is 60.7 Å². The lowest BCUT2D eigenvalue weighted by Gasteiger charge is -2.28. The highest BCUT2D eigenvalue weighted by molar-refractivity contribution is 6.22. The van der Waals surface area contributed by atoms with E-state index in [1.807, 2.05) is 84.9 Å². The molecule has 0 radical (unpaired) electrons. The zero-order valence-corrected chi connectivity index (χ0v) is 23.8. The minimum atomic E-state index is -0.804. The fourth-order valence-electron chi connectivity index (χ4n) is 4.97. The van der Waals surface area contributed by atoms with Gasteiger partial charge in [-0.05, 0) is 61.9 Å². The Morgan fingerprint density at radius 3 is 2.07 bits per heavy atom. The number of H-pyrrole nitrogens is 1. The van der Waals surface area contributed by atoms with E-state index in [4.69, 9.17) is 4.99 Å². The van der Waals surface area contributed by atoms with Crippen molar-refractivity contribution in [1.29, 1.82) is 0 Å². The van der Waals surface area contributed by atoms with Gasteiger partial charge in [-0.15, -0.1) is 0 Å². The number of nitrogens with one attached hydrogen (secondary N) is 1. The highest BCUT2D eigenvalue weighted by atomic mass is 16.3. The summed E-state index contributed by atoms with van der Waals surface area (Å²) in [5, 5.41) is 31.8. The maximum absolute atomic E-state index is 13.4. The topological polar surface area (TPSA) is 112 Å². The first kappa shape index (κ1) is 28.8. The Labute approximate surface area is 244 Å². The quantitative estimate of drug-likeness (QED) is 0.134. The van der Waals surface area contributed by atoms with Gasteiger partial charge in [-0.2, -0.15) is 0 Å². The predicted molar refractivity (Wildman–Crippen MR) is 166 cm³/mol. The average molecular weight is 563 g/mol. The van der Waals surface area contributed by atoms with Gasteiger partial charge in [-0.3, -0.25) is 4.79 Å². The first-order chi connectivity index (χ1) is 20.2. The van der Waals surface area contributed by atoms with Crippen LogP contribution in [0.15, 0.2) is 108 Å². The Morgan fingerprint density at radius 1 is 0.833 bits per heavy atom. The van der Waals surface area contributed by atoms with Crippen molar-refractivity contribution in [3.8, 4) is 5.88 Å². The normalized spacial score (nSPS) is 13.3. The number of hydrogen-bond donors (Lipinski definition) is 4. The van der Waals surface area contributed by atoms with Crippen molar-refractivity contribution < 1.29 is 20.1 Å². The summed E-state index contributed by atoms with van der Waals surface area (Å²) in [5.74, 6) is -0.221. The SMILES string of the molecule is CC(O)N(Cc1ccc(N=C(c2ccccc2)c2c(O)[nH]c3ccc(C(=O)N(C)c4ccccc4)cc23)cc1)C(C)O. The van der Waals surface area contributed by atoms with Gasteiger partial charge in [0.05, 0.1) is 17.0 Å². The smallest absolute Gasteiger partial charge is 0.258 e. The molecule has 214 valence electrons. The molecule has 8 nitrogen and oxygen atoms in total. The molecule has 2 atom stereocenters. The second kappa shape index (κ2) is 12.4. The first-order valence-electron chi connectivity index (χ1n) is 13.8. The zero-order valence-electron chi connectivity index (χ0n) is 23.8. The van der Waals surface area contributed by atoms with E-state index in [0.717, 1.165) is 16.8 Å². The van der Waals surface area contributed by atoms with Crippen molar-refractivity contribution in [3.63, 3.8) is 0 Å².